The molecule has 0 spiro atoms. The van der Waals surface area contributed by atoms with E-state index in [2.05, 4.69) is 41.5 Å². The molecule has 0 aromatic heterocycles. The molecule has 5 nitrogen and oxygen atoms in total. The van der Waals surface area contributed by atoms with Gasteiger partial charge in [-0.15, -0.1) is 0 Å². The quantitative estimate of drug-likeness (QED) is 0.459. The van der Waals surface area contributed by atoms with Gasteiger partial charge in [0.15, 0.2) is 0 Å². The van der Waals surface area contributed by atoms with Gasteiger partial charge in [-0.25, -0.2) is 0 Å². The fourth-order valence-electron chi connectivity index (χ4n) is 9.89. The number of aliphatic hydroxyl groups is 4. The largest absolute Gasteiger partial charge is 0.390 e. The lowest BCUT2D eigenvalue weighted by Crippen LogP contribution is -2.59. The second-order valence-corrected chi connectivity index (χ2v) is 13.6. The Morgan fingerprint density at radius 2 is 1.59 bits per heavy atom. The highest BCUT2D eigenvalue weighted by molar-refractivity contribution is 5.83. The van der Waals surface area contributed by atoms with E-state index < -0.39 is 24.4 Å². The summed E-state index contributed by atoms with van der Waals surface area (Å²) >= 11 is 0. The van der Waals surface area contributed by atoms with E-state index in [1.807, 2.05) is 0 Å². The van der Waals surface area contributed by atoms with Crippen LogP contribution in [0.15, 0.2) is 0 Å². The van der Waals surface area contributed by atoms with Crippen molar-refractivity contribution in [1.29, 1.82) is 0 Å². The lowest BCUT2D eigenvalue weighted by molar-refractivity contribution is -0.175. The van der Waals surface area contributed by atoms with Crippen LogP contribution in [0, 0.1) is 58.2 Å². The molecule has 0 saturated heterocycles. The van der Waals surface area contributed by atoms with E-state index in [-0.39, 0.29) is 34.4 Å². The molecule has 0 aliphatic heterocycles. The molecule has 0 heterocycles. The standard InChI is InChI=1S/C29H50O5/c1-7-17(15(2)3)27(34)26(33)16(4)19-8-9-20-18-12-23(30)22-13-24(31)25(32)14-29(22,6)21(18)10-11-28(19,20)5/h15-22,24-27,31-34H,7-14H2,1-6H3/t16-,17-,18-,19+,20-,21-,22?,24-,25+,26+,27+,28+,29+/m0/s1. The predicted molar refractivity (Wildman–Crippen MR) is 133 cm³/mol. The Bertz CT molecular complexity index is 753. The van der Waals surface area contributed by atoms with Crippen LogP contribution in [0.1, 0.15) is 92.9 Å². The topological polar surface area (TPSA) is 98.0 Å². The van der Waals surface area contributed by atoms with Gasteiger partial charge in [-0.3, -0.25) is 4.79 Å². The summed E-state index contributed by atoms with van der Waals surface area (Å²) in [7, 11) is 0. The van der Waals surface area contributed by atoms with Crippen molar-refractivity contribution in [1.82, 2.24) is 0 Å². The number of rotatable bonds is 6. The summed E-state index contributed by atoms with van der Waals surface area (Å²) in [4.78, 5) is 13.4. The smallest absolute Gasteiger partial charge is 0.136 e. The minimum Gasteiger partial charge on any atom is -0.390 e. The van der Waals surface area contributed by atoms with E-state index in [0.29, 0.717) is 48.9 Å². The molecule has 196 valence electrons. The highest BCUT2D eigenvalue weighted by atomic mass is 16.3. The van der Waals surface area contributed by atoms with Gasteiger partial charge in [-0.2, -0.15) is 0 Å². The normalized spacial score (nSPS) is 48.0. The van der Waals surface area contributed by atoms with Crippen molar-refractivity contribution in [3.8, 4) is 0 Å². The zero-order valence-corrected chi connectivity index (χ0v) is 22.3. The maximum Gasteiger partial charge on any atom is 0.136 e. The number of carbonyl (C=O) groups excluding carboxylic acids is 1. The fraction of sp³-hybridized carbons (Fsp3) is 0.966. The van der Waals surface area contributed by atoms with Gasteiger partial charge in [0.1, 0.15) is 5.78 Å². The van der Waals surface area contributed by atoms with Crippen molar-refractivity contribution in [2.75, 3.05) is 0 Å². The van der Waals surface area contributed by atoms with E-state index in [4.69, 9.17) is 0 Å². The number of ketones is 1. The third-order valence-electron chi connectivity index (χ3n) is 11.8. The van der Waals surface area contributed by atoms with Crippen molar-refractivity contribution in [2.45, 2.75) is 117 Å². The van der Waals surface area contributed by atoms with Crippen molar-refractivity contribution in [3.05, 3.63) is 0 Å². The summed E-state index contributed by atoms with van der Waals surface area (Å²) in [6.07, 6.45) is 3.69. The Balaban J connectivity index is 1.55. The first-order chi connectivity index (χ1) is 15.9. The highest BCUT2D eigenvalue weighted by Crippen LogP contribution is 2.67. The van der Waals surface area contributed by atoms with Crippen LogP contribution in [0.2, 0.25) is 0 Å². The number of fused-ring (bicyclic) bond motifs is 5. The molecule has 0 aromatic rings. The van der Waals surface area contributed by atoms with E-state index in [1.54, 1.807) is 0 Å². The van der Waals surface area contributed by atoms with Gasteiger partial charge in [0.25, 0.3) is 0 Å². The van der Waals surface area contributed by atoms with Crippen LogP contribution in [0.5, 0.6) is 0 Å². The lowest BCUT2D eigenvalue weighted by atomic mass is 9.44. The molecule has 0 amide bonds. The molecule has 0 radical (unpaired) electrons. The number of hydrogen-bond acceptors (Lipinski definition) is 5. The summed E-state index contributed by atoms with van der Waals surface area (Å²) in [5.74, 6) is 2.12. The molecule has 4 aliphatic carbocycles. The SMILES string of the molecule is CC[C@@H](C(C)C)[C@@H](O)[C@H](O)[C@@H](C)[C@H]1CC[C@H]2[C@@H]3CC(=O)C4C[C@H](O)[C@H](O)C[C@]4(C)[C@H]3CC[C@]12C. The van der Waals surface area contributed by atoms with E-state index in [9.17, 15) is 25.2 Å². The minimum absolute atomic E-state index is 0.0172. The first-order valence-electron chi connectivity index (χ1n) is 14.1. The van der Waals surface area contributed by atoms with Crippen LogP contribution in [0.3, 0.4) is 0 Å². The first kappa shape index (κ1) is 26.6. The van der Waals surface area contributed by atoms with Gasteiger partial charge in [0, 0.05) is 12.3 Å². The monoisotopic (exact) mass is 478 g/mol. The molecule has 0 bridgehead atoms. The number of hydrogen-bond donors (Lipinski definition) is 4. The number of carbonyl (C=O) groups is 1. The molecule has 4 fully saturated rings. The molecule has 0 aromatic carbocycles. The van der Waals surface area contributed by atoms with Crippen LogP contribution < -0.4 is 0 Å². The summed E-state index contributed by atoms with van der Waals surface area (Å²) < 4.78 is 0. The molecule has 4 rings (SSSR count). The van der Waals surface area contributed by atoms with Gasteiger partial charge >= 0.3 is 0 Å². The molecule has 34 heavy (non-hydrogen) atoms. The van der Waals surface area contributed by atoms with Crippen molar-refractivity contribution < 1.29 is 25.2 Å². The summed E-state index contributed by atoms with van der Waals surface area (Å²) in [6, 6.07) is 0. The van der Waals surface area contributed by atoms with Crippen LogP contribution in [-0.4, -0.2) is 50.6 Å². The fourth-order valence-corrected chi connectivity index (χ4v) is 9.89. The summed E-state index contributed by atoms with van der Waals surface area (Å²) in [5.41, 5.74) is -0.165. The third-order valence-corrected chi connectivity index (χ3v) is 11.8. The van der Waals surface area contributed by atoms with E-state index in [1.165, 1.54) is 0 Å². The molecule has 4 saturated carbocycles. The van der Waals surface area contributed by atoms with Crippen molar-refractivity contribution in [2.24, 2.45) is 58.2 Å². The minimum atomic E-state index is -0.783. The van der Waals surface area contributed by atoms with Crippen molar-refractivity contribution >= 4 is 5.78 Å². The molecule has 13 atom stereocenters. The predicted octanol–water partition coefficient (Wildman–Crippen LogP) is 4.20. The zero-order valence-electron chi connectivity index (χ0n) is 22.3. The van der Waals surface area contributed by atoms with Gasteiger partial charge in [0.2, 0.25) is 0 Å². The average molecular weight is 479 g/mol. The van der Waals surface area contributed by atoms with Gasteiger partial charge in [0.05, 0.1) is 24.4 Å². The first-order valence-corrected chi connectivity index (χ1v) is 14.1. The molecule has 5 heteroatoms. The zero-order chi connectivity index (χ0) is 25.2. The molecule has 1 unspecified atom stereocenters. The van der Waals surface area contributed by atoms with E-state index >= 15 is 0 Å². The maximum absolute atomic E-state index is 13.4. The van der Waals surface area contributed by atoms with E-state index in [0.717, 1.165) is 32.1 Å². The Labute approximate surface area is 206 Å². The van der Waals surface area contributed by atoms with Gasteiger partial charge < -0.3 is 20.4 Å². The summed E-state index contributed by atoms with van der Waals surface area (Å²) in [6.45, 7) is 13.1. The van der Waals surface area contributed by atoms with Gasteiger partial charge in [-0.1, -0.05) is 48.0 Å². The van der Waals surface area contributed by atoms with Crippen molar-refractivity contribution in [3.63, 3.8) is 0 Å². The highest BCUT2D eigenvalue weighted by Gasteiger charge is 2.63. The summed E-state index contributed by atoms with van der Waals surface area (Å²) in [5, 5.41) is 43.1. The maximum atomic E-state index is 13.4. The average Bonchev–Trinajstić information content (AvgIpc) is 3.12. The Morgan fingerprint density at radius 3 is 2.21 bits per heavy atom. The van der Waals surface area contributed by atoms with Crippen LogP contribution in [-0.2, 0) is 4.79 Å². The Kier molecular flexibility index (Phi) is 7.37. The third kappa shape index (κ3) is 4.01. The van der Waals surface area contributed by atoms with Crippen LogP contribution in [0.4, 0.5) is 0 Å². The Morgan fingerprint density at radius 1 is 0.941 bits per heavy atom. The molecule has 4 aliphatic rings. The molecule has 4 N–H and O–H groups in total. The lowest BCUT2D eigenvalue weighted by Gasteiger charge is -2.61. The van der Waals surface area contributed by atoms with Crippen LogP contribution >= 0.6 is 0 Å². The molecular weight excluding hydrogens is 428 g/mol. The second kappa shape index (κ2) is 9.43. The Hall–Kier alpha value is -0.490. The van der Waals surface area contributed by atoms with Gasteiger partial charge in [-0.05, 0) is 90.8 Å². The molecular formula is C29H50O5. The second-order valence-electron chi connectivity index (χ2n) is 13.6. The van der Waals surface area contributed by atoms with Crippen LogP contribution in [0.25, 0.3) is 0 Å². The number of aliphatic hydroxyl groups excluding tert-OH is 4. The number of Topliss-reactive ketones (excluding diaryl/α,β-unsaturated/α-hetero) is 1.